The fourth-order valence-corrected chi connectivity index (χ4v) is 1.68. The van der Waals surface area contributed by atoms with Crippen LogP contribution in [0, 0.1) is 0 Å². The van der Waals surface area contributed by atoms with Gasteiger partial charge in [-0.3, -0.25) is 0 Å². The smallest absolute Gasteiger partial charge is 0.345 e. The number of rotatable bonds is 9. The summed E-state index contributed by atoms with van der Waals surface area (Å²) in [6, 6.07) is 0. The number of hydrogen-bond donors (Lipinski definition) is 2. The molecule has 0 amide bonds. The van der Waals surface area contributed by atoms with Gasteiger partial charge in [-0.1, -0.05) is 26.2 Å². The number of H-pyrrole nitrogens is 1. The van der Waals surface area contributed by atoms with E-state index in [0.717, 1.165) is 25.7 Å². The van der Waals surface area contributed by atoms with E-state index in [9.17, 15) is 9.59 Å². The van der Waals surface area contributed by atoms with E-state index >= 15 is 0 Å². The van der Waals surface area contributed by atoms with Crippen molar-refractivity contribution >= 4 is 18.0 Å². The van der Waals surface area contributed by atoms with Crippen LogP contribution in [0.1, 0.15) is 44.7 Å². The molecule has 0 saturated heterocycles. The van der Waals surface area contributed by atoms with Gasteiger partial charge in [0.25, 0.3) is 0 Å². The Balaban J connectivity index is 2.40. The second kappa shape index (κ2) is 8.90. The van der Waals surface area contributed by atoms with E-state index in [1.165, 1.54) is 18.5 Å². The molecule has 0 spiro atoms. The van der Waals surface area contributed by atoms with E-state index in [0.29, 0.717) is 12.1 Å². The Hall–Kier alpha value is -2.11. The van der Waals surface area contributed by atoms with Gasteiger partial charge in [0, 0.05) is 6.08 Å². The number of unbranched alkanes of at least 4 members (excludes halogenated alkanes) is 3. The molecule has 0 saturated carbocycles. The maximum Gasteiger partial charge on any atom is 0.345 e. The quantitative estimate of drug-likeness (QED) is 0.411. The molecule has 1 rings (SSSR count). The van der Waals surface area contributed by atoms with Gasteiger partial charge in [0.1, 0.15) is 0 Å². The molecule has 6 nitrogen and oxygen atoms in total. The number of aromatic nitrogens is 2. The minimum Gasteiger partial charge on any atom is -0.479 e. The number of esters is 1. The Morgan fingerprint density at radius 2 is 2.25 bits per heavy atom. The van der Waals surface area contributed by atoms with Crippen molar-refractivity contribution in [2.24, 2.45) is 0 Å². The van der Waals surface area contributed by atoms with Gasteiger partial charge in [-0.05, 0) is 18.9 Å². The zero-order valence-corrected chi connectivity index (χ0v) is 11.5. The summed E-state index contributed by atoms with van der Waals surface area (Å²) in [7, 11) is 0. The first-order valence-corrected chi connectivity index (χ1v) is 6.73. The number of carboxylic acids is 1. The first-order valence-electron chi connectivity index (χ1n) is 6.73. The van der Waals surface area contributed by atoms with Crippen molar-refractivity contribution < 1.29 is 19.4 Å². The Morgan fingerprint density at radius 3 is 2.85 bits per heavy atom. The SMILES string of the molecule is CCCCCCC(OC(=O)C=Cc1cnc[nH]1)C(=O)O. The molecule has 0 radical (unpaired) electrons. The third-order valence-electron chi connectivity index (χ3n) is 2.77. The lowest BCUT2D eigenvalue weighted by Crippen LogP contribution is -2.26. The molecule has 0 aliphatic rings. The zero-order valence-electron chi connectivity index (χ0n) is 11.5. The standard InChI is InChI=1S/C14H20N2O4/c1-2-3-4-5-6-12(14(18)19)20-13(17)8-7-11-9-15-10-16-11/h7-10,12H,2-6H2,1H3,(H,15,16)(H,18,19). The lowest BCUT2D eigenvalue weighted by molar-refractivity contribution is -0.161. The van der Waals surface area contributed by atoms with Crippen LogP contribution < -0.4 is 0 Å². The molecular formula is C14H20N2O4. The van der Waals surface area contributed by atoms with Crippen molar-refractivity contribution in [3.63, 3.8) is 0 Å². The highest BCUT2D eigenvalue weighted by atomic mass is 16.6. The van der Waals surface area contributed by atoms with Crippen LogP contribution in [0.15, 0.2) is 18.6 Å². The highest BCUT2D eigenvalue weighted by molar-refractivity contribution is 5.88. The minimum atomic E-state index is -1.11. The van der Waals surface area contributed by atoms with E-state index in [4.69, 9.17) is 9.84 Å². The zero-order chi connectivity index (χ0) is 14.8. The molecule has 6 heteroatoms. The number of imidazole rings is 1. The van der Waals surface area contributed by atoms with Crippen molar-refractivity contribution in [3.05, 3.63) is 24.3 Å². The summed E-state index contributed by atoms with van der Waals surface area (Å²) in [5.41, 5.74) is 0.650. The molecule has 0 bridgehead atoms. The van der Waals surface area contributed by atoms with Crippen molar-refractivity contribution in [1.29, 1.82) is 0 Å². The predicted octanol–water partition coefficient (Wildman–Crippen LogP) is 2.39. The molecule has 110 valence electrons. The Labute approximate surface area is 117 Å². The van der Waals surface area contributed by atoms with E-state index in [2.05, 4.69) is 16.9 Å². The van der Waals surface area contributed by atoms with Gasteiger partial charge in [0.2, 0.25) is 0 Å². The Bertz CT molecular complexity index is 440. The highest BCUT2D eigenvalue weighted by Gasteiger charge is 2.20. The molecule has 0 aliphatic carbocycles. The summed E-state index contributed by atoms with van der Waals surface area (Å²) in [4.78, 5) is 29.1. The van der Waals surface area contributed by atoms with E-state index < -0.39 is 18.0 Å². The van der Waals surface area contributed by atoms with E-state index in [-0.39, 0.29) is 0 Å². The van der Waals surface area contributed by atoms with Crippen molar-refractivity contribution in [3.8, 4) is 0 Å². The van der Waals surface area contributed by atoms with Crippen molar-refractivity contribution in [1.82, 2.24) is 9.97 Å². The third-order valence-corrected chi connectivity index (χ3v) is 2.77. The summed E-state index contributed by atoms with van der Waals surface area (Å²) in [6.07, 6.45) is 8.79. The number of carbonyl (C=O) groups excluding carboxylic acids is 1. The second-order valence-corrected chi connectivity index (χ2v) is 4.45. The summed E-state index contributed by atoms with van der Waals surface area (Å²) in [5, 5.41) is 9.01. The van der Waals surface area contributed by atoms with Crippen LogP contribution in [0.4, 0.5) is 0 Å². The molecule has 1 aromatic rings. The number of aliphatic carboxylic acids is 1. The topological polar surface area (TPSA) is 92.3 Å². The number of carbonyl (C=O) groups is 2. The van der Waals surface area contributed by atoms with Gasteiger partial charge in [-0.15, -0.1) is 0 Å². The van der Waals surface area contributed by atoms with E-state index in [1.54, 1.807) is 6.20 Å². The van der Waals surface area contributed by atoms with Gasteiger partial charge in [0.05, 0.1) is 18.2 Å². The average Bonchev–Trinajstić information content (AvgIpc) is 2.93. The van der Waals surface area contributed by atoms with Crippen molar-refractivity contribution in [2.45, 2.75) is 45.1 Å². The first-order chi connectivity index (χ1) is 9.63. The monoisotopic (exact) mass is 280 g/mol. The molecule has 20 heavy (non-hydrogen) atoms. The maximum absolute atomic E-state index is 11.5. The van der Waals surface area contributed by atoms with Gasteiger partial charge in [-0.2, -0.15) is 0 Å². The third kappa shape index (κ3) is 6.17. The van der Waals surface area contributed by atoms with Crippen LogP contribution in [0.2, 0.25) is 0 Å². The fraction of sp³-hybridized carbons (Fsp3) is 0.500. The normalized spacial score (nSPS) is 12.4. The number of hydrogen-bond acceptors (Lipinski definition) is 4. The summed E-state index contributed by atoms with van der Waals surface area (Å²) >= 11 is 0. The molecule has 0 aromatic carbocycles. The molecule has 1 heterocycles. The predicted molar refractivity (Wildman–Crippen MR) is 73.9 cm³/mol. The molecule has 1 aromatic heterocycles. The summed E-state index contributed by atoms with van der Waals surface area (Å²) in [6.45, 7) is 2.08. The fourth-order valence-electron chi connectivity index (χ4n) is 1.68. The second-order valence-electron chi connectivity index (χ2n) is 4.45. The Kier molecular flexibility index (Phi) is 7.10. The minimum absolute atomic E-state index is 0.346. The highest BCUT2D eigenvalue weighted by Crippen LogP contribution is 2.09. The van der Waals surface area contributed by atoms with Gasteiger partial charge in [0.15, 0.2) is 6.10 Å². The number of nitrogens with one attached hydrogen (secondary N) is 1. The van der Waals surface area contributed by atoms with Crippen LogP contribution >= 0.6 is 0 Å². The maximum atomic E-state index is 11.5. The molecule has 1 atom stereocenters. The molecule has 2 N–H and O–H groups in total. The molecule has 0 fully saturated rings. The molecular weight excluding hydrogens is 260 g/mol. The van der Waals surface area contributed by atoms with Crippen LogP contribution in [-0.4, -0.2) is 33.1 Å². The summed E-state index contributed by atoms with van der Waals surface area (Å²) in [5.74, 6) is -1.77. The number of ether oxygens (including phenoxy) is 1. The largest absolute Gasteiger partial charge is 0.479 e. The van der Waals surface area contributed by atoms with Crippen molar-refractivity contribution in [2.75, 3.05) is 0 Å². The number of nitrogens with zero attached hydrogens (tertiary/aromatic N) is 1. The van der Waals surface area contributed by atoms with Crippen LogP contribution in [0.3, 0.4) is 0 Å². The molecule has 1 unspecified atom stereocenters. The van der Waals surface area contributed by atoms with Crippen LogP contribution in [0.5, 0.6) is 0 Å². The van der Waals surface area contributed by atoms with Gasteiger partial charge >= 0.3 is 11.9 Å². The molecule has 0 aliphatic heterocycles. The lowest BCUT2D eigenvalue weighted by Gasteiger charge is -2.12. The van der Waals surface area contributed by atoms with E-state index in [1.807, 2.05) is 0 Å². The van der Waals surface area contributed by atoms with Gasteiger partial charge < -0.3 is 14.8 Å². The lowest BCUT2D eigenvalue weighted by atomic mass is 10.1. The number of aromatic amines is 1. The number of carboxylic acid groups (broad SMARTS) is 1. The first kappa shape index (κ1) is 15.9. The van der Waals surface area contributed by atoms with Crippen LogP contribution in [0.25, 0.3) is 6.08 Å². The van der Waals surface area contributed by atoms with Crippen LogP contribution in [-0.2, 0) is 14.3 Å². The summed E-state index contributed by atoms with van der Waals surface area (Å²) < 4.78 is 4.93. The average molecular weight is 280 g/mol. The Morgan fingerprint density at radius 1 is 1.45 bits per heavy atom. The van der Waals surface area contributed by atoms with Gasteiger partial charge in [-0.25, -0.2) is 14.6 Å².